The molecule has 9 heteroatoms. The number of nitrogens with one attached hydrogen (secondary N) is 1. The Balaban J connectivity index is 2.26. The molecule has 0 aromatic carbocycles. The van der Waals surface area contributed by atoms with Crippen LogP contribution in [0.5, 0.6) is 0 Å². The number of carbonyl (C=O) groups is 3. The largest absolute Gasteiger partial charge is 0.462 e. The van der Waals surface area contributed by atoms with Gasteiger partial charge in [0.1, 0.15) is 6.04 Å². The molecule has 1 aliphatic heterocycles. The van der Waals surface area contributed by atoms with Crippen molar-refractivity contribution in [3.8, 4) is 0 Å². The fourth-order valence-corrected chi connectivity index (χ4v) is 2.55. The van der Waals surface area contributed by atoms with Gasteiger partial charge in [0.2, 0.25) is 0 Å². The number of halogens is 3. The summed E-state index contributed by atoms with van der Waals surface area (Å²) >= 11 is 0. The Kier molecular flexibility index (Phi) is 5.00. The van der Waals surface area contributed by atoms with Crippen LogP contribution in [0.4, 0.5) is 13.2 Å². The highest BCUT2D eigenvalue weighted by atomic mass is 19.4. The monoisotopic (exact) mass is 346 g/mol. The number of amides is 1. The number of rotatable bonds is 5. The van der Waals surface area contributed by atoms with Crippen molar-refractivity contribution in [1.82, 2.24) is 9.88 Å². The van der Waals surface area contributed by atoms with E-state index < -0.39 is 29.9 Å². The standard InChI is InChI=1S/C15H17F3N2O4/c1-3-24-14(23)9-7-11(20-6-4-5-10(9)20)12(21)13(22)19-8(2)15(16,17)18/h7-8H,3-6H2,1-2H3,(H,19,22)/t8-/m0/s1. The number of aromatic nitrogens is 1. The summed E-state index contributed by atoms with van der Waals surface area (Å²) in [6.07, 6.45) is -3.45. The molecule has 0 saturated carbocycles. The van der Waals surface area contributed by atoms with Gasteiger partial charge in [-0.2, -0.15) is 13.2 Å². The second-order valence-corrected chi connectivity index (χ2v) is 5.43. The van der Waals surface area contributed by atoms with E-state index in [0.717, 1.165) is 6.92 Å². The van der Waals surface area contributed by atoms with Gasteiger partial charge < -0.3 is 14.6 Å². The molecule has 1 atom stereocenters. The van der Waals surface area contributed by atoms with Gasteiger partial charge in [-0.3, -0.25) is 9.59 Å². The highest BCUT2D eigenvalue weighted by molar-refractivity contribution is 6.42. The molecule has 0 spiro atoms. The molecule has 1 aromatic heterocycles. The first-order chi connectivity index (χ1) is 11.2. The zero-order valence-corrected chi connectivity index (χ0v) is 13.2. The molecule has 0 radical (unpaired) electrons. The average molecular weight is 346 g/mol. The molecule has 24 heavy (non-hydrogen) atoms. The number of Topliss-reactive ketones (excluding diaryl/α,β-unsaturated/α-hetero) is 1. The lowest BCUT2D eigenvalue weighted by atomic mass is 10.1. The Morgan fingerprint density at radius 2 is 2.04 bits per heavy atom. The van der Waals surface area contributed by atoms with E-state index in [1.807, 2.05) is 0 Å². The lowest BCUT2D eigenvalue weighted by Crippen LogP contribution is -2.46. The van der Waals surface area contributed by atoms with Crippen LogP contribution in [-0.4, -0.2) is 41.1 Å². The van der Waals surface area contributed by atoms with Gasteiger partial charge in [0.05, 0.1) is 17.9 Å². The number of hydrogen-bond acceptors (Lipinski definition) is 4. The molecule has 6 nitrogen and oxygen atoms in total. The molecule has 0 unspecified atom stereocenters. The fraction of sp³-hybridized carbons (Fsp3) is 0.533. The van der Waals surface area contributed by atoms with E-state index in [4.69, 9.17) is 4.74 Å². The Bertz CT molecular complexity index is 679. The first-order valence-electron chi connectivity index (χ1n) is 7.48. The van der Waals surface area contributed by atoms with Crippen molar-refractivity contribution in [2.75, 3.05) is 6.61 Å². The number of esters is 1. The zero-order valence-electron chi connectivity index (χ0n) is 13.2. The summed E-state index contributed by atoms with van der Waals surface area (Å²) in [4.78, 5) is 35.9. The Morgan fingerprint density at radius 1 is 1.38 bits per heavy atom. The molecule has 1 amide bonds. The first-order valence-corrected chi connectivity index (χ1v) is 7.48. The Hall–Kier alpha value is -2.32. The Morgan fingerprint density at radius 3 is 2.62 bits per heavy atom. The summed E-state index contributed by atoms with van der Waals surface area (Å²) in [5, 5.41) is 1.63. The summed E-state index contributed by atoms with van der Waals surface area (Å²) < 4.78 is 43.9. The third kappa shape index (κ3) is 3.44. The number of hydrogen-bond donors (Lipinski definition) is 1. The third-order valence-corrected chi connectivity index (χ3v) is 3.78. The predicted octanol–water partition coefficient (Wildman–Crippen LogP) is 1.86. The van der Waals surface area contributed by atoms with Gasteiger partial charge in [0.15, 0.2) is 0 Å². The van der Waals surface area contributed by atoms with Gasteiger partial charge >= 0.3 is 12.1 Å². The van der Waals surface area contributed by atoms with Crippen molar-refractivity contribution < 1.29 is 32.3 Å². The highest BCUT2D eigenvalue weighted by Crippen LogP contribution is 2.26. The molecule has 0 fully saturated rings. The maximum Gasteiger partial charge on any atom is 0.408 e. The van der Waals surface area contributed by atoms with Crippen LogP contribution < -0.4 is 5.32 Å². The van der Waals surface area contributed by atoms with Crippen LogP contribution in [0.25, 0.3) is 0 Å². The third-order valence-electron chi connectivity index (χ3n) is 3.78. The van der Waals surface area contributed by atoms with Gasteiger partial charge in [0, 0.05) is 12.2 Å². The molecule has 2 rings (SSSR count). The van der Waals surface area contributed by atoms with Crippen molar-refractivity contribution in [3.05, 3.63) is 23.0 Å². The first kappa shape index (κ1) is 18.0. The maximum absolute atomic E-state index is 12.5. The summed E-state index contributed by atoms with van der Waals surface area (Å²) in [7, 11) is 0. The summed E-state index contributed by atoms with van der Waals surface area (Å²) in [6, 6.07) is -0.932. The molecule has 2 heterocycles. The minimum atomic E-state index is -4.65. The summed E-state index contributed by atoms with van der Waals surface area (Å²) in [5.74, 6) is -3.08. The molecular formula is C15H17F3N2O4. The topological polar surface area (TPSA) is 77.4 Å². The van der Waals surface area contributed by atoms with Crippen LogP contribution in [0.3, 0.4) is 0 Å². The van der Waals surface area contributed by atoms with E-state index in [1.165, 1.54) is 10.6 Å². The number of fused-ring (bicyclic) bond motifs is 1. The van der Waals surface area contributed by atoms with E-state index in [9.17, 15) is 27.6 Å². The molecule has 132 valence electrons. The number of ether oxygens (including phenoxy) is 1. The number of carbonyl (C=O) groups excluding carboxylic acids is 3. The van der Waals surface area contributed by atoms with Crippen molar-refractivity contribution in [1.29, 1.82) is 0 Å². The predicted molar refractivity (Wildman–Crippen MR) is 76.7 cm³/mol. The van der Waals surface area contributed by atoms with Crippen molar-refractivity contribution in [2.24, 2.45) is 0 Å². The molecule has 1 aliphatic rings. The second kappa shape index (κ2) is 6.66. The quantitative estimate of drug-likeness (QED) is 0.502. The summed E-state index contributed by atoms with van der Waals surface area (Å²) in [6.45, 7) is 2.94. The molecular weight excluding hydrogens is 329 g/mol. The van der Waals surface area contributed by atoms with Gasteiger partial charge in [-0.15, -0.1) is 0 Å². The highest BCUT2D eigenvalue weighted by Gasteiger charge is 2.39. The van der Waals surface area contributed by atoms with E-state index >= 15 is 0 Å². The average Bonchev–Trinajstić information content (AvgIpc) is 3.07. The molecule has 1 aromatic rings. The number of nitrogens with zero attached hydrogens (tertiary/aromatic N) is 1. The fourth-order valence-electron chi connectivity index (χ4n) is 2.55. The van der Waals surface area contributed by atoms with Crippen molar-refractivity contribution >= 4 is 17.7 Å². The van der Waals surface area contributed by atoms with Crippen molar-refractivity contribution in [2.45, 2.75) is 45.5 Å². The maximum atomic E-state index is 12.5. The van der Waals surface area contributed by atoms with Crippen LogP contribution >= 0.6 is 0 Å². The number of alkyl halides is 3. The van der Waals surface area contributed by atoms with Crippen LogP contribution in [0.2, 0.25) is 0 Å². The summed E-state index contributed by atoms with van der Waals surface area (Å²) in [5.41, 5.74) is 0.639. The Labute approximate surface area is 136 Å². The molecule has 0 aliphatic carbocycles. The zero-order chi connectivity index (χ0) is 18.1. The van der Waals surface area contributed by atoms with E-state index in [0.29, 0.717) is 25.1 Å². The lowest BCUT2D eigenvalue weighted by molar-refractivity contribution is -0.156. The van der Waals surface area contributed by atoms with Crippen LogP contribution in [0.15, 0.2) is 6.07 Å². The smallest absolute Gasteiger partial charge is 0.408 e. The minimum Gasteiger partial charge on any atom is -0.462 e. The minimum absolute atomic E-state index is 0.0996. The van der Waals surface area contributed by atoms with Gasteiger partial charge in [-0.25, -0.2) is 4.79 Å². The second-order valence-electron chi connectivity index (χ2n) is 5.43. The SMILES string of the molecule is CCOC(=O)c1cc(C(=O)C(=O)N[C@@H](C)C(F)(F)F)n2c1CCC2. The van der Waals surface area contributed by atoms with E-state index in [1.54, 1.807) is 12.2 Å². The van der Waals surface area contributed by atoms with Gasteiger partial charge in [-0.05, 0) is 32.8 Å². The molecule has 0 saturated heterocycles. The van der Waals surface area contributed by atoms with Crippen molar-refractivity contribution in [3.63, 3.8) is 0 Å². The molecule has 1 N–H and O–H groups in total. The lowest BCUT2D eigenvalue weighted by Gasteiger charge is -2.16. The van der Waals surface area contributed by atoms with E-state index in [-0.39, 0.29) is 17.9 Å². The number of ketones is 1. The molecule has 0 bridgehead atoms. The van der Waals surface area contributed by atoms with Crippen LogP contribution in [0.1, 0.15) is 46.8 Å². The van der Waals surface area contributed by atoms with Gasteiger partial charge in [-0.1, -0.05) is 0 Å². The van der Waals surface area contributed by atoms with Crippen LogP contribution in [0, 0.1) is 0 Å². The van der Waals surface area contributed by atoms with E-state index in [2.05, 4.69) is 0 Å². The van der Waals surface area contributed by atoms with Gasteiger partial charge in [0.25, 0.3) is 11.7 Å². The van der Waals surface area contributed by atoms with Crippen LogP contribution in [-0.2, 0) is 22.5 Å². The normalized spacial score (nSPS) is 14.9.